The SMILES string of the molecule is CCOCCCNC(=O)c1cc2cc(N(Cc3ccc(C)cc3)S(C)(=O)=O)ccc2s1. The molecule has 1 N–H and O–H groups in total. The molecule has 8 heteroatoms. The zero-order valence-electron chi connectivity index (χ0n) is 18.1. The number of anilines is 1. The molecule has 1 aromatic heterocycles. The number of ether oxygens (including phenoxy) is 1. The first-order valence-corrected chi connectivity index (χ1v) is 12.9. The van der Waals surface area contributed by atoms with E-state index < -0.39 is 10.0 Å². The first-order chi connectivity index (χ1) is 14.8. The van der Waals surface area contributed by atoms with E-state index in [-0.39, 0.29) is 12.5 Å². The molecule has 0 aliphatic carbocycles. The maximum atomic E-state index is 12.5. The summed E-state index contributed by atoms with van der Waals surface area (Å²) in [6.45, 7) is 6.03. The highest BCUT2D eigenvalue weighted by Crippen LogP contribution is 2.31. The van der Waals surface area contributed by atoms with Crippen LogP contribution in [-0.4, -0.2) is 40.3 Å². The third kappa shape index (κ3) is 6.29. The van der Waals surface area contributed by atoms with Crippen molar-refractivity contribution < 1.29 is 17.9 Å². The molecule has 0 aliphatic heterocycles. The molecule has 0 radical (unpaired) electrons. The molecule has 1 heterocycles. The summed E-state index contributed by atoms with van der Waals surface area (Å²) in [5.74, 6) is -0.126. The Kier molecular flexibility index (Phi) is 7.69. The van der Waals surface area contributed by atoms with Crippen LogP contribution in [0.3, 0.4) is 0 Å². The molecular weight excluding hydrogens is 432 g/mol. The molecule has 0 aliphatic rings. The summed E-state index contributed by atoms with van der Waals surface area (Å²) in [6, 6.07) is 15.1. The Labute approximate surface area is 187 Å². The molecule has 0 atom stereocenters. The third-order valence-electron chi connectivity index (χ3n) is 4.81. The largest absolute Gasteiger partial charge is 0.382 e. The second-order valence-electron chi connectivity index (χ2n) is 7.39. The maximum Gasteiger partial charge on any atom is 0.261 e. The van der Waals surface area contributed by atoms with Crippen molar-refractivity contribution in [2.24, 2.45) is 0 Å². The second kappa shape index (κ2) is 10.3. The smallest absolute Gasteiger partial charge is 0.261 e. The summed E-state index contributed by atoms with van der Waals surface area (Å²) in [5.41, 5.74) is 2.61. The van der Waals surface area contributed by atoms with Crippen molar-refractivity contribution in [3.05, 3.63) is 64.5 Å². The van der Waals surface area contributed by atoms with Crippen LogP contribution in [0.4, 0.5) is 5.69 Å². The predicted molar refractivity (Wildman–Crippen MR) is 127 cm³/mol. The Morgan fingerprint density at radius 3 is 2.55 bits per heavy atom. The van der Waals surface area contributed by atoms with Gasteiger partial charge in [0.15, 0.2) is 0 Å². The molecule has 0 bridgehead atoms. The number of rotatable bonds is 10. The van der Waals surface area contributed by atoms with Crippen molar-refractivity contribution in [2.45, 2.75) is 26.8 Å². The second-order valence-corrected chi connectivity index (χ2v) is 10.4. The number of nitrogens with zero attached hydrogens (tertiary/aromatic N) is 1. The number of fused-ring (bicyclic) bond motifs is 1. The number of amides is 1. The standard InChI is InChI=1S/C23H28N2O4S2/c1-4-29-13-5-12-24-23(26)22-15-19-14-20(10-11-21(19)30-22)25(31(3,27)28)16-18-8-6-17(2)7-9-18/h6-11,14-15H,4-5,12-13,16H2,1-3H3,(H,24,26). The molecule has 0 saturated carbocycles. The van der Waals surface area contributed by atoms with E-state index in [9.17, 15) is 13.2 Å². The predicted octanol–water partition coefficient (Wildman–Crippen LogP) is 4.33. The molecule has 6 nitrogen and oxygen atoms in total. The Bertz CT molecular complexity index is 1140. The summed E-state index contributed by atoms with van der Waals surface area (Å²) < 4.78 is 32.6. The lowest BCUT2D eigenvalue weighted by Crippen LogP contribution is -2.29. The molecule has 31 heavy (non-hydrogen) atoms. The van der Waals surface area contributed by atoms with Crippen LogP contribution in [-0.2, 0) is 21.3 Å². The van der Waals surface area contributed by atoms with Crippen molar-refractivity contribution in [1.29, 1.82) is 0 Å². The Morgan fingerprint density at radius 1 is 1.13 bits per heavy atom. The molecule has 1 amide bonds. The summed E-state index contributed by atoms with van der Waals surface area (Å²) in [6.07, 6.45) is 1.97. The van der Waals surface area contributed by atoms with Crippen molar-refractivity contribution in [1.82, 2.24) is 5.32 Å². The van der Waals surface area contributed by atoms with Gasteiger partial charge in [-0.3, -0.25) is 9.10 Å². The molecule has 0 spiro atoms. The van der Waals surface area contributed by atoms with Gasteiger partial charge in [-0.1, -0.05) is 29.8 Å². The number of thiophene rings is 1. The first kappa shape index (κ1) is 23.2. The minimum atomic E-state index is -3.48. The first-order valence-electron chi connectivity index (χ1n) is 10.2. The highest BCUT2D eigenvalue weighted by atomic mass is 32.2. The molecule has 0 saturated heterocycles. The number of sulfonamides is 1. The van der Waals surface area contributed by atoms with Crippen molar-refractivity contribution in [2.75, 3.05) is 30.3 Å². The Balaban J connectivity index is 1.79. The molecule has 3 aromatic rings. The zero-order chi connectivity index (χ0) is 22.4. The minimum absolute atomic E-state index is 0.126. The van der Waals surface area contributed by atoms with E-state index in [0.29, 0.717) is 30.3 Å². The normalized spacial score (nSPS) is 11.6. The van der Waals surface area contributed by atoms with Gasteiger partial charge in [0, 0.05) is 24.5 Å². The van der Waals surface area contributed by atoms with Gasteiger partial charge in [-0.15, -0.1) is 11.3 Å². The zero-order valence-corrected chi connectivity index (χ0v) is 19.7. The monoisotopic (exact) mass is 460 g/mol. The van der Waals surface area contributed by atoms with E-state index in [2.05, 4.69) is 5.32 Å². The van der Waals surface area contributed by atoms with Gasteiger partial charge in [0.1, 0.15) is 0 Å². The maximum absolute atomic E-state index is 12.5. The number of hydrogen-bond donors (Lipinski definition) is 1. The summed E-state index contributed by atoms with van der Waals surface area (Å²) in [4.78, 5) is 13.1. The number of carbonyl (C=O) groups is 1. The van der Waals surface area contributed by atoms with Crippen LogP contribution in [0.25, 0.3) is 10.1 Å². The van der Waals surface area contributed by atoms with Crippen LogP contribution in [0.5, 0.6) is 0 Å². The van der Waals surface area contributed by atoms with E-state index in [4.69, 9.17) is 4.74 Å². The number of hydrogen-bond acceptors (Lipinski definition) is 5. The van der Waals surface area contributed by atoms with Gasteiger partial charge in [-0.2, -0.15) is 0 Å². The minimum Gasteiger partial charge on any atom is -0.382 e. The summed E-state index contributed by atoms with van der Waals surface area (Å²) in [7, 11) is -3.48. The average Bonchev–Trinajstić information content (AvgIpc) is 3.15. The van der Waals surface area contributed by atoms with Crippen LogP contribution in [0, 0.1) is 6.92 Å². The van der Waals surface area contributed by atoms with E-state index in [0.717, 1.165) is 27.6 Å². The van der Waals surface area contributed by atoms with Gasteiger partial charge in [-0.05, 0) is 55.5 Å². The van der Waals surface area contributed by atoms with Crippen molar-refractivity contribution >= 4 is 43.0 Å². The van der Waals surface area contributed by atoms with Crippen molar-refractivity contribution in [3.63, 3.8) is 0 Å². The fourth-order valence-electron chi connectivity index (χ4n) is 3.16. The molecule has 166 valence electrons. The van der Waals surface area contributed by atoms with Crippen LogP contribution in [0.15, 0.2) is 48.5 Å². The quantitative estimate of drug-likeness (QED) is 0.457. The van der Waals surface area contributed by atoms with Gasteiger partial charge in [0.05, 0.1) is 23.4 Å². The lowest BCUT2D eigenvalue weighted by atomic mass is 10.1. The van der Waals surface area contributed by atoms with Crippen LogP contribution >= 0.6 is 11.3 Å². The van der Waals surface area contributed by atoms with Crippen LogP contribution in [0.1, 0.15) is 34.1 Å². The van der Waals surface area contributed by atoms with E-state index in [1.54, 1.807) is 6.07 Å². The van der Waals surface area contributed by atoms with Gasteiger partial charge in [-0.25, -0.2) is 8.42 Å². The topological polar surface area (TPSA) is 75.7 Å². The van der Waals surface area contributed by atoms with Crippen LogP contribution < -0.4 is 9.62 Å². The number of carbonyl (C=O) groups excluding carboxylic acids is 1. The fraction of sp³-hybridized carbons (Fsp3) is 0.348. The van der Waals surface area contributed by atoms with Gasteiger partial charge < -0.3 is 10.1 Å². The number of nitrogens with one attached hydrogen (secondary N) is 1. The van der Waals surface area contributed by atoms with E-state index in [1.807, 2.05) is 56.3 Å². The summed E-state index contributed by atoms with van der Waals surface area (Å²) >= 11 is 1.40. The lowest BCUT2D eigenvalue weighted by molar-refractivity contribution is 0.0948. The van der Waals surface area contributed by atoms with Crippen molar-refractivity contribution in [3.8, 4) is 0 Å². The lowest BCUT2D eigenvalue weighted by Gasteiger charge is -2.22. The Morgan fingerprint density at radius 2 is 1.87 bits per heavy atom. The van der Waals surface area contributed by atoms with E-state index in [1.165, 1.54) is 21.9 Å². The summed E-state index contributed by atoms with van der Waals surface area (Å²) in [5, 5.41) is 3.75. The average molecular weight is 461 g/mol. The fourth-order valence-corrected chi connectivity index (χ4v) is 5.00. The van der Waals surface area contributed by atoms with Gasteiger partial charge >= 0.3 is 0 Å². The molecule has 0 unspecified atom stereocenters. The number of aryl methyl sites for hydroxylation is 1. The highest BCUT2D eigenvalue weighted by molar-refractivity contribution is 7.92. The van der Waals surface area contributed by atoms with Gasteiger partial charge in [0.25, 0.3) is 5.91 Å². The number of benzene rings is 2. The molecule has 2 aromatic carbocycles. The highest BCUT2D eigenvalue weighted by Gasteiger charge is 2.19. The molecule has 0 fully saturated rings. The molecular formula is C23H28N2O4S2. The van der Waals surface area contributed by atoms with E-state index >= 15 is 0 Å². The third-order valence-corrected chi connectivity index (χ3v) is 7.07. The Hall–Kier alpha value is -2.42. The van der Waals surface area contributed by atoms with Gasteiger partial charge in [0.2, 0.25) is 10.0 Å². The van der Waals surface area contributed by atoms with Crippen LogP contribution in [0.2, 0.25) is 0 Å². The molecule has 3 rings (SSSR count).